The maximum atomic E-state index is 5.90. The van der Waals surface area contributed by atoms with Crippen molar-refractivity contribution in [2.75, 3.05) is 6.54 Å². The molecular formula is C10H14BrNS. The van der Waals surface area contributed by atoms with Crippen molar-refractivity contribution in [2.45, 2.75) is 31.1 Å². The second-order valence-corrected chi connectivity index (χ2v) is 6.26. The molecule has 1 saturated carbocycles. The van der Waals surface area contributed by atoms with E-state index in [9.17, 15) is 0 Å². The van der Waals surface area contributed by atoms with Crippen LogP contribution in [-0.4, -0.2) is 6.54 Å². The first kappa shape index (κ1) is 9.69. The largest absolute Gasteiger partial charge is 0.330 e. The zero-order valence-corrected chi connectivity index (χ0v) is 9.96. The normalized spacial score (nSPS) is 20.8. The van der Waals surface area contributed by atoms with E-state index < -0.39 is 0 Å². The molecule has 0 unspecified atom stereocenters. The Bertz CT molecular complexity index is 289. The molecule has 0 amide bonds. The van der Waals surface area contributed by atoms with Crippen LogP contribution in [0.5, 0.6) is 0 Å². The van der Waals surface area contributed by atoms with Crippen LogP contribution < -0.4 is 5.73 Å². The van der Waals surface area contributed by atoms with Crippen LogP contribution in [0.4, 0.5) is 0 Å². The maximum absolute atomic E-state index is 5.90. The molecule has 1 aromatic rings. The number of thiophene rings is 1. The Kier molecular flexibility index (Phi) is 2.77. The predicted octanol–water partition coefficient (Wildman–Crippen LogP) is 3.28. The minimum absolute atomic E-state index is 0.316. The Balaban J connectivity index is 2.30. The van der Waals surface area contributed by atoms with Crippen LogP contribution in [0.2, 0.25) is 0 Å². The molecule has 1 heterocycles. The van der Waals surface area contributed by atoms with Gasteiger partial charge in [-0.2, -0.15) is 0 Å². The minimum atomic E-state index is 0.316. The predicted molar refractivity (Wildman–Crippen MR) is 61.2 cm³/mol. The molecule has 1 aliphatic rings. The highest BCUT2D eigenvalue weighted by molar-refractivity contribution is 9.11. The lowest BCUT2D eigenvalue weighted by molar-refractivity contribution is 0.462. The highest BCUT2D eigenvalue weighted by atomic mass is 79.9. The van der Waals surface area contributed by atoms with E-state index in [0.717, 1.165) is 6.54 Å². The smallest absolute Gasteiger partial charge is 0.0701 e. The minimum Gasteiger partial charge on any atom is -0.330 e. The zero-order valence-electron chi connectivity index (χ0n) is 7.55. The Hall–Kier alpha value is 0.140. The molecule has 0 bridgehead atoms. The summed E-state index contributed by atoms with van der Waals surface area (Å²) < 4.78 is 1.22. The maximum Gasteiger partial charge on any atom is 0.0701 e. The summed E-state index contributed by atoms with van der Waals surface area (Å²) in [6.07, 6.45) is 5.23. The fraction of sp³-hybridized carbons (Fsp3) is 0.600. The Morgan fingerprint density at radius 2 is 2.08 bits per heavy atom. The average molecular weight is 260 g/mol. The number of nitrogens with two attached hydrogens (primary N) is 1. The monoisotopic (exact) mass is 259 g/mol. The van der Waals surface area contributed by atoms with E-state index in [-0.39, 0.29) is 0 Å². The average Bonchev–Trinajstić information content (AvgIpc) is 2.73. The van der Waals surface area contributed by atoms with Crippen molar-refractivity contribution in [3.8, 4) is 0 Å². The van der Waals surface area contributed by atoms with Gasteiger partial charge < -0.3 is 5.73 Å². The van der Waals surface area contributed by atoms with Gasteiger partial charge in [-0.25, -0.2) is 0 Å². The van der Waals surface area contributed by atoms with Crippen LogP contribution in [0, 0.1) is 0 Å². The van der Waals surface area contributed by atoms with E-state index in [0.29, 0.717) is 5.41 Å². The molecule has 2 N–H and O–H groups in total. The van der Waals surface area contributed by atoms with Crippen LogP contribution in [0.25, 0.3) is 0 Å². The van der Waals surface area contributed by atoms with Gasteiger partial charge in [-0.05, 0) is 40.9 Å². The lowest BCUT2D eigenvalue weighted by Gasteiger charge is -2.25. The molecule has 0 spiro atoms. The molecule has 72 valence electrons. The van der Waals surface area contributed by atoms with Crippen molar-refractivity contribution in [1.29, 1.82) is 0 Å². The van der Waals surface area contributed by atoms with Crippen LogP contribution in [0.1, 0.15) is 30.6 Å². The third-order valence-corrected chi connectivity index (χ3v) is 4.92. The van der Waals surface area contributed by atoms with Crippen molar-refractivity contribution < 1.29 is 0 Å². The fourth-order valence-electron chi connectivity index (χ4n) is 2.20. The molecule has 13 heavy (non-hydrogen) atoms. The lowest BCUT2D eigenvalue weighted by atomic mass is 9.85. The van der Waals surface area contributed by atoms with Gasteiger partial charge in [-0.1, -0.05) is 12.8 Å². The SMILES string of the molecule is NCC1(c2ccc(Br)s2)CCCC1. The van der Waals surface area contributed by atoms with Gasteiger partial charge in [0.25, 0.3) is 0 Å². The van der Waals surface area contributed by atoms with Crippen molar-refractivity contribution in [1.82, 2.24) is 0 Å². The topological polar surface area (TPSA) is 26.0 Å². The third-order valence-electron chi connectivity index (χ3n) is 3.05. The van der Waals surface area contributed by atoms with E-state index >= 15 is 0 Å². The molecule has 3 heteroatoms. The van der Waals surface area contributed by atoms with E-state index in [1.165, 1.54) is 34.3 Å². The Labute approximate surface area is 91.5 Å². The molecule has 1 fully saturated rings. The summed E-state index contributed by atoms with van der Waals surface area (Å²) in [4.78, 5) is 1.47. The first-order chi connectivity index (χ1) is 6.27. The second-order valence-electron chi connectivity index (χ2n) is 3.80. The van der Waals surface area contributed by atoms with Crippen LogP contribution in [-0.2, 0) is 5.41 Å². The van der Waals surface area contributed by atoms with Crippen molar-refractivity contribution in [2.24, 2.45) is 5.73 Å². The van der Waals surface area contributed by atoms with E-state index in [1.54, 1.807) is 0 Å². The number of rotatable bonds is 2. The third kappa shape index (κ3) is 1.69. The molecule has 0 atom stereocenters. The van der Waals surface area contributed by atoms with Crippen molar-refractivity contribution >= 4 is 27.3 Å². The second kappa shape index (κ2) is 3.71. The molecule has 0 saturated heterocycles. The summed E-state index contributed by atoms with van der Waals surface area (Å²) in [6, 6.07) is 4.36. The van der Waals surface area contributed by atoms with Gasteiger partial charge in [0.1, 0.15) is 0 Å². The quantitative estimate of drug-likeness (QED) is 0.867. The van der Waals surface area contributed by atoms with Crippen LogP contribution in [0.15, 0.2) is 15.9 Å². The molecule has 0 aromatic carbocycles. The Morgan fingerprint density at radius 1 is 1.38 bits per heavy atom. The first-order valence-electron chi connectivity index (χ1n) is 4.73. The van der Waals surface area contributed by atoms with Crippen molar-refractivity contribution in [3.63, 3.8) is 0 Å². The fourth-order valence-corrected chi connectivity index (χ4v) is 3.84. The highest BCUT2D eigenvalue weighted by Gasteiger charge is 2.35. The number of hydrogen-bond donors (Lipinski definition) is 1. The van der Waals surface area contributed by atoms with Crippen molar-refractivity contribution in [3.05, 3.63) is 20.8 Å². The molecule has 0 radical (unpaired) electrons. The van der Waals surface area contributed by atoms with Gasteiger partial charge in [0, 0.05) is 16.8 Å². The molecule has 1 aromatic heterocycles. The van der Waals surface area contributed by atoms with Gasteiger partial charge in [0.2, 0.25) is 0 Å². The summed E-state index contributed by atoms with van der Waals surface area (Å²) in [5, 5.41) is 0. The van der Waals surface area contributed by atoms with Gasteiger partial charge in [-0.3, -0.25) is 0 Å². The zero-order chi connectivity index (χ0) is 9.31. The summed E-state index contributed by atoms with van der Waals surface area (Å²) >= 11 is 5.36. The Morgan fingerprint density at radius 3 is 2.54 bits per heavy atom. The number of hydrogen-bond acceptors (Lipinski definition) is 2. The van der Waals surface area contributed by atoms with Gasteiger partial charge in [-0.15, -0.1) is 11.3 Å². The van der Waals surface area contributed by atoms with Gasteiger partial charge in [0.05, 0.1) is 3.79 Å². The van der Waals surface area contributed by atoms with Gasteiger partial charge >= 0.3 is 0 Å². The summed E-state index contributed by atoms with van der Waals surface area (Å²) in [6.45, 7) is 0.806. The summed E-state index contributed by atoms with van der Waals surface area (Å²) in [5.41, 5.74) is 6.22. The summed E-state index contributed by atoms with van der Waals surface area (Å²) in [7, 11) is 0. The van der Waals surface area contributed by atoms with Crippen LogP contribution >= 0.6 is 27.3 Å². The van der Waals surface area contributed by atoms with E-state index in [2.05, 4.69) is 28.1 Å². The lowest BCUT2D eigenvalue weighted by Crippen LogP contribution is -2.30. The molecule has 1 aliphatic carbocycles. The first-order valence-corrected chi connectivity index (χ1v) is 6.34. The summed E-state index contributed by atoms with van der Waals surface area (Å²) in [5.74, 6) is 0. The van der Waals surface area contributed by atoms with Gasteiger partial charge in [0.15, 0.2) is 0 Å². The van der Waals surface area contributed by atoms with Crippen LogP contribution in [0.3, 0.4) is 0 Å². The standard InChI is InChI=1S/C10H14BrNS/c11-9-4-3-8(13-9)10(7-12)5-1-2-6-10/h3-4H,1-2,5-7,12H2. The highest BCUT2D eigenvalue weighted by Crippen LogP contribution is 2.43. The van der Waals surface area contributed by atoms with E-state index in [4.69, 9.17) is 5.73 Å². The molecular weight excluding hydrogens is 246 g/mol. The molecule has 1 nitrogen and oxygen atoms in total. The molecule has 0 aliphatic heterocycles. The number of halogens is 1. The molecule has 2 rings (SSSR count). The van der Waals surface area contributed by atoms with E-state index in [1.807, 2.05) is 11.3 Å².